The van der Waals surface area contributed by atoms with Crippen LogP contribution in [0, 0.1) is 13.8 Å². The van der Waals surface area contributed by atoms with E-state index in [1.807, 2.05) is 67.1 Å². The van der Waals surface area contributed by atoms with Gasteiger partial charge < -0.3 is 19.5 Å². The number of anilines is 1. The van der Waals surface area contributed by atoms with Crippen LogP contribution in [-0.4, -0.2) is 26.8 Å². The van der Waals surface area contributed by atoms with Gasteiger partial charge in [0.25, 0.3) is 0 Å². The number of pyridine rings is 2. The molecule has 0 unspecified atom stereocenters. The lowest BCUT2D eigenvalue weighted by atomic mass is 9.96. The van der Waals surface area contributed by atoms with Crippen molar-refractivity contribution in [2.24, 2.45) is 0 Å². The van der Waals surface area contributed by atoms with Crippen LogP contribution in [0.5, 0.6) is 5.75 Å². The van der Waals surface area contributed by atoms with Crippen molar-refractivity contribution in [1.82, 2.24) is 19.9 Å². The molecule has 0 aliphatic carbocycles. The van der Waals surface area contributed by atoms with E-state index in [4.69, 9.17) is 28.6 Å². The zero-order valence-electron chi connectivity index (χ0n) is 19.8. The van der Waals surface area contributed by atoms with Gasteiger partial charge in [-0.2, -0.15) is 0 Å². The average molecular weight is 504 g/mol. The molecule has 0 radical (unpaired) electrons. The minimum Gasteiger partial charge on any atom is -0.495 e. The number of benzene rings is 1. The van der Waals surface area contributed by atoms with E-state index in [-0.39, 0.29) is 12.1 Å². The third-order valence-corrected chi connectivity index (χ3v) is 7.14. The van der Waals surface area contributed by atoms with Gasteiger partial charge in [0.2, 0.25) is 0 Å². The van der Waals surface area contributed by atoms with Crippen LogP contribution >= 0.6 is 23.8 Å². The zero-order valence-corrected chi connectivity index (χ0v) is 21.3. The maximum Gasteiger partial charge on any atom is 0.174 e. The highest BCUT2D eigenvalue weighted by molar-refractivity contribution is 7.80. The van der Waals surface area contributed by atoms with E-state index in [2.05, 4.69) is 44.7 Å². The molecule has 35 heavy (non-hydrogen) atoms. The number of hydrogen-bond donors (Lipinski definition) is 1. The van der Waals surface area contributed by atoms with E-state index in [1.165, 1.54) is 22.5 Å². The summed E-state index contributed by atoms with van der Waals surface area (Å²) in [7, 11) is 1.61. The maximum atomic E-state index is 6.52. The van der Waals surface area contributed by atoms with Crippen molar-refractivity contribution in [2.45, 2.75) is 32.5 Å². The minimum absolute atomic E-state index is 0.112. The highest BCUT2D eigenvalue weighted by atomic mass is 35.5. The van der Waals surface area contributed by atoms with Crippen molar-refractivity contribution in [1.29, 1.82) is 0 Å². The van der Waals surface area contributed by atoms with Crippen LogP contribution in [0.15, 0.2) is 73.2 Å². The van der Waals surface area contributed by atoms with Crippen LogP contribution in [-0.2, 0) is 6.54 Å². The molecule has 0 amide bonds. The molecule has 0 saturated carbocycles. The summed E-state index contributed by atoms with van der Waals surface area (Å²) in [6.07, 6.45) is 5.47. The third kappa shape index (κ3) is 4.37. The van der Waals surface area contributed by atoms with Crippen molar-refractivity contribution in [3.63, 3.8) is 0 Å². The lowest BCUT2D eigenvalue weighted by Crippen LogP contribution is -2.29. The normalized spacial score (nSPS) is 17.5. The lowest BCUT2D eigenvalue weighted by Gasteiger charge is -2.28. The van der Waals surface area contributed by atoms with Crippen LogP contribution < -0.4 is 15.0 Å². The first-order valence-corrected chi connectivity index (χ1v) is 12.2. The summed E-state index contributed by atoms with van der Waals surface area (Å²) in [4.78, 5) is 10.9. The first kappa shape index (κ1) is 23.3. The number of methoxy groups -OCH3 is 1. The first-order chi connectivity index (χ1) is 17.0. The Balaban J connectivity index is 1.62. The van der Waals surface area contributed by atoms with Crippen molar-refractivity contribution in [3.8, 4) is 5.75 Å². The maximum absolute atomic E-state index is 6.52. The predicted octanol–water partition coefficient (Wildman–Crippen LogP) is 5.78. The number of nitrogens with one attached hydrogen (secondary N) is 1. The number of thiocarbonyl (C=S) groups is 1. The Morgan fingerprint density at radius 2 is 1.86 bits per heavy atom. The van der Waals surface area contributed by atoms with Gasteiger partial charge in [-0.05, 0) is 85.7 Å². The fraction of sp³-hybridized carbons (Fsp3) is 0.222. The molecule has 1 aliphatic heterocycles. The van der Waals surface area contributed by atoms with Crippen LogP contribution in [0.25, 0.3) is 0 Å². The first-order valence-electron chi connectivity index (χ1n) is 11.4. The number of nitrogens with zero attached hydrogens (tertiary/aromatic N) is 4. The van der Waals surface area contributed by atoms with Crippen LogP contribution in [0.2, 0.25) is 5.02 Å². The van der Waals surface area contributed by atoms with E-state index in [9.17, 15) is 0 Å². The number of aromatic nitrogens is 3. The summed E-state index contributed by atoms with van der Waals surface area (Å²) in [5, 5.41) is 4.69. The Morgan fingerprint density at radius 3 is 2.54 bits per heavy atom. The highest BCUT2D eigenvalue weighted by Gasteiger charge is 2.42. The summed E-state index contributed by atoms with van der Waals surface area (Å²) in [6, 6.07) is 17.8. The standard InChI is InChI=1S/C27H26ClN5OS/c1-17-14-21(18(2)32(17)16-19-9-12-29-13-10-19)26-25(23-6-4-5-11-30-23)31-27(35)33(26)20-7-8-24(34-3)22(28)15-20/h4-15,25-26H,16H2,1-3H3,(H,31,35)/t25-,26+/m1/s1. The zero-order chi connectivity index (χ0) is 24.5. The number of halogens is 1. The average Bonchev–Trinajstić information content (AvgIpc) is 3.36. The summed E-state index contributed by atoms with van der Waals surface area (Å²) >= 11 is 12.4. The van der Waals surface area contributed by atoms with E-state index in [0.717, 1.165) is 17.9 Å². The van der Waals surface area contributed by atoms with E-state index >= 15 is 0 Å². The predicted molar refractivity (Wildman–Crippen MR) is 143 cm³/mol. The van der Waals surface area contributed by atoms with Crippen molar-refractivity contribution >= 4 is 34.6 Å². The molecule has 0 spiro atoms. The van der Waals surface area contributed by atoms with Gasteiger partial charge in [0.05, 0.1) is 29.9 Å². The van der Waals surface area contributed by atoms with Crippen molar-refractivity contribution < 1.29 is 4.74 Å². The van der Waals surface area contributed by atoms with Crippen molar-refractivity contribution in [2.75, 3.05) is 12.0 Å². The SMILES string of the molecule is COc1ccc(N2C(=S)N[C@H](c3ccccn3)[C@@H]2c2cc(C)n(Cc3ccncc3)c2C)cc1Cl. The summed E-state index contributed by atoms with van der Waals surface area (Å²) in [5.41, 5.74) is 6.58. The molecule has 0 bridgehead atoms. The molecule has 4 aromatic rings. The summed E-state index contributed by atoms with van der Waals surface area (Å²) in [6.45, 7) is 5.08. The number of aryl methyl sites for hydroxylation is 1. The van der Waals surface area contributed by atoms with E-state index in [1.54, 1.807) is 7.11 Å². The fourth-order valence-corrected chi connectivity index (χ4v) is 5.39. The van der Waals surface area contributed by atoms with Crippen LogP contribution in [0.4, 0.5) is 5.69 Å². The Kier molecular flexibility index (Phi) is 6.45. The molecular formula is C27H26ClN5OS. The highest BCUT2D eigenvalue weighted by Crippen LogP contribution is 2.44. The Bertz CT molecular complexity index is 1360. The van der Waals surface area contributed by atoms with Gasteiger partial charge in [0.1, 0.15) is 5.75 Å². The van der Waals surface area contributed by atoms with Crippen LogP contribution in [0.1, 0.15) is 40.3 Å². The largest absolute Gasteiger partial charge is 0.495 e. The fourth-order valence-electron chi connectivity index (χ4n) is 4.80. The van der Waals surface area contributed by atoms with Gasteiger partial charge in [-0.25, -0.2) is 0 Å². The molecule has 1 saturated heterocycles. The number of ether oxygens (including phenoxy) is 1. The van der Waals surface area contributed by atoms with Gasteiger partial charge in [-0.1, -0.05) is 17.7 Å². The Labute approximate surface area is 215 Å². The minimum atomic E-state index is -0.126. The number of hydrogen-bond acceptors (Lipinski definition) is 4. The van der Waals surface area contributed by atoms with Gasteiger partial charge in [0, 0.05) is 42.2 Å². The molecule has 5 rings (SSSR count). The van der Waals surface area contributed by atoms with Gasteiger partial charge >= 0.3 is 0 Å². The topological polar surface area (TPSA) is 55.2 Å². The monoisotopic (exact) mass is 503 g/mol. The van der Waals surface area contributed by atoms with Gasteiger partial charge in [0.15, 0.2) is 5.11 Å². The third-order valence-electron chi connectivity index (χ3n) is 6.53. The second-order valence-electron chi connectivity index (χ2n) is 8.58. The van der Waals surface area contributed by atoms with Crippen LogP contribution in [0.3, 0.4) is 0 Å². The molecule has 1 N–H and O–H groups in total. The Morgan fingerprint density at radius 1 is 1.06 bits per heavy atom. The second-order valence-corrected chi connectivity index (χ2v) is 9.38. The molecular weight excluding hydrogens is 478 g/mol. The second kappa shape index (κ2) is 9.68. The smallest absolute Gasteiger partial charge is 0.174 e. The summed E-state index contributed by atoms with van der Waals surface area (Å²) < 4.78 is 7.70. The van der Waals surface area contributed by atoms with Gasteiger partial charge in [-0.3, -0.25) is 9.97 Å². The molecule has 8 heteroatoms. The van der Waals surface area contributed by atoms with E-state index < -0.39 is 0 Å². The van der Waals surface area contributed by atoms with Gasteiger partial charge in [-0.15, -0.1) is 0 Å². The molecule has 3 aromatic heterocycles. The molecule has 1 aliphatic rings. The lowest BCUT2D eigenvalue weighted by molar-refractivity contribution is 0.415. The Hall–Kier alpha value is -3.42. The van der Waals surface area contributed by atoms with Crippen molar-refractivity contribution in [3.05, 3.63) is 106 Å². The molecule has 1 aromatic carbocycles. The number of rotatable bonds is 6. The molecule has 2 atom stereocenters. The molecule has 6 nitrogen and oxygen atoms in total. The molecule has 1 fully saturated rings. The van der Waals surface area contributed by atoms with E-state index in [0.29, 0.717) is 15.9 Å². The summed E-state index contributed by atoms with van der Waals surface area (Å²) in [5.74, 6) is 0.627. The quantitative estimate of drug-likeness (QED) is 0.336. The molecule has 178 valence electrons. The molecule has 4 heterocycles.